The van der Waals surface area contributed by atoms with Crippen molar-refractivity contribution >= 4 is 0 Å². The fourth-order valence-electron chi connectivity index (χ4n) is 2.62. The Kier molecular flexibility index (Phi) is 3.84. The Hall–Kier alpha value is -2.01. The van der Waals surface area contributed by atoms with Gasteiger partial charge >= 0.3 is 0 Å². The molecule has 0 spiro atoms. The van der Waals surface area contributed by atoms with Gasteiger partial charge in [-0.25, -0.2) is 15.0 Å². The predicted octanol–water partition coefficient (Wildman–Crippen LogP) is 2.20. The van der Waals surface area contributed by atoms with Gasteiger partial charge in [-0.3, -0.25) is 0 Å². The zero-order valence-corrected chi connectivity index (χ0v) is 12.7. The third-order valence-electron chi connectivity index (χ3n) is 3.68. The molecule has 21 heavy (non-hydrogen) atoms. The van der Waals surface area contributed by atoms with Gasteiger partial charge in [-0.15, -0.1) is 0 Å². The highest BCUT2D eigenvalue weighted by atomic mass is 16.5. The van der Waals surface area contributed by atoms with Crippen LogP contribution in [0.5, 0.6) is 5.88 Å². The highest BCUT2D eigenvalue weighted by molar-refractivity contribution is 5.32. The molecular formula is C16H20N4O. The van der Waals surface area contributed by atoms with Crippen LogP contribution in [0.4, 0.5) is 0 Å². The molecule has 0 amide bonds. The Balaban J connectivity index is 1.89. The number of nitrogens with one attached hydrogen (secondary N) is 1. The first-order chi connectivity index (χ1) is 10.2. The van der Waals surface area contributed by atoms with Crippen molar-refractivity contribution in [3.8, 4) is 5.88 Å². The van der Waals surface area contributed by atoms with Crippen LogP contribution in [0.25, 0.3) is 0 Å². The molecule has 0 saturated carbocycles. The van der Waals surface area contributed by atoms with Gasteiger partial charge in [0.15, 0.2) is 0 Å². The van der Waals surface area contributed by atoms with Crippen LogP contribution in [0, 0.1) is 0 Å². The van der Waals surface area contributed by atoms with Crippen molar-refractivity contribution in [2.45, 2.75) is 39.3 Å². The summed E-state index contributed by atoms with van der Waals surface area (Å²) in [7, 11) is 1.62. The van der Waals surface area contributed by atoms with Gasteiger partial charge in [0.2, 0.25) is 5.88 Å². The molecule has 5 heteroatoms. The van der Waals surface area contributed by atoms with Crippen LogP contribution in [0.3, 0.4) is 0 Å². The second-order valence-corrected chi connectivity index (χ2v) is 5.59. The van der Waals surface area contributed by atoms with Crippen molar-refractivity contribution < 1.29 is 4.74 Å². The zero-order chi connectivity index (χ0) is 14.8. The minimum Gasteiger partial charge on any atom is -0.481 e. The molecular weight excluding hydrogens is 264 g/mol. The second-order valence-electron chi connectivity index (χ2n) is 5.59. The van der Waals surface area contributed by atoms with Crippen LogP contribution in [-0.2, 0) is 19.5 Å². The van der Waals surface area contributed by atoms with E-state index in [-0.39, 0.29) is 0 Å². The third-order valence-corrected chi connectivity index (χ3v) is 3.68. The first kappa shape index (κ1) is 13.9. The van der Waals surface area contributed by atoms with E-state index < -0.39 is 0 Å². The third kappa shape index (κ3) is 2.88. The summed E-state index contributed by atoms with van der Waals surface area (Å²) < 4.78 is 5.08. The van der Waals surface area contributed by atoms with Gasteiger partial charge in [-0.05, 0) is 11.5 Å². The largest absolute Gasteiger partial charge is 0.481 e. The van der Waals surface area contributed by atoms with E-state index in [4.69, 9.17) is 14.7 Å². The molecule has 0 bridgehead atoms. The molecule has 0 aromatic carbocycles. The second kappa shape index (κ2) is 5.77. The van der Waals surface area contributed by atoms with Gasteiger partial charge in [0.1, 0.15) is 5.82 Å². The average molecular weight is 284 g/mol. The van der Waals surface area contributed by atoms with E-state index in [0.29, 0.717) is 18.2 Å². The van der Waals surface area contributed by atoms with Gasteiger partial charge in [0, 0.05) is 37.3 Å². The summed E-state index contributed by atoms with van der Waals surface area (Å²) in [6.07, 6.45) is 2.52. The molecule has 3 rings (SSSR count). The van der Waals surface area contributed by atoms with Crippen molar-refractivity contribution in [1.82, 2.24) is 20.3 Å². The fourth-order valence-corrected chi connectivity index (χ4v) is 2.62. The molecule has 110 valence electrons. The van der Waals surface area contributed by atoms with E-state index in [9.17, 15) is 0 Å². The molecule has 2 aromatic rings. The number of pyridine rings is 1. The summed E-state index contributed by atoms with van der Waals surface area (Å²) >= 11 is 0. The average Bonchev–Trinajstić information content (AvgIpc) is 2.95. The number of rotatable bonds is 4. The first-order valence-electron chi connectivity index (χ1n) is 7.25. The molecule has 0 fully saturated rings. The molecule has 0 atom stereocenters. The zero-order valence-electron chi connectivity index (χ0n) is 12.7. The molecule has 0 saturated heterocycles. The fraction of sp³-hybridized carbons (Fsp3) is 0.438. The summed E-state index contributed by atoms with van der Waals surface area (Å²) in [6, 6.07) is 3.88. The van der Waals surface area contributed by atoms with Crippen molar-refractivity contribution in [2.75, 3.05) is 7.11 Å². The smallest absolute Gasteiger partial charge is 0.212 e. The molecule has 2 aromatic heterocycles. The van der Waals surface area contributed by atoms with Gasteiger partial charge in [0.25, 0.3) is 0 Å². The minimum atomic E-state index is 0.411. The maximum atomic E-state index is 5.08. The molecule has 0 aliphatic carbocycles. The number of hydrogen-bond donors (Lipinski definition) is 1. The summed E-state index contributed by atoms with van der Waals surface area (Å²) in [6.45, 7) is 6.08. The highest BCUT2D eigenvalue weighted by Crippen LogP contribution is 2.24. The Labute approximate surface area is 124 Å². The number of ether oxygens (including phenoxy) is 1. The van der Waals surface area contributed by atoms with Crippen LogP contribution in [0.2, 0.25) is 0 Å². The monoisotopic (exact) mass is 284 g/mol. The number of methoxy groups -OCH3 is 1. The van der Waals surface area contributed by atoms with Crippen LogP contribution in [0.15, 0.2) is 18.3 Å². The van der Waals surface area contributed by atoms with E-state index in [1.807, 2.05) is 18.3 Å². The normalized spacial score (nSPS) is 13.5. The molecule has 5 nitrogen and oxygen atoms in total. The summed E-state index contributed by atoms with van der Waals surface area (Å²) in [5, 5.41) is 3.36. The molecule has 0 unspecified atom stereocenters. The van der Waals surface area contributed by atoms with Gasteiger partial charge in [0.05, 0.1) is 18.5 Å². The molecule has 0 radical (unpaired) electrons. The maximum absolute atomic E-state index is 5.08. The summed E-state index contributed by atoms with van der Waals surface area (Å²) in [5.41, 5.74) is 4.68. The Morgan fingerprint density at radius 2 is 2.10 bits per heavy atom. The number of nitrogens with zero attached hydrogens (tertiary/aromatic N) is 3. The molecule has 1 aliphatic heterocycles. The SMILES string of the molecule is COc1ccc(Cc2nc3c(c(C(C)C)n2)CNC3)cn1. The van der Waals surface area contributed by atoms with Gasteiger partial charge in [-0.2, -0.15) is 0 Å². The van der Waals surface area contributed by atoms with E-state index in [0.717, 1.165) is 30.2 Å². The van der Waals surface area contributed by atoms with Crippen LogP contribution in [-0.4, -0.2) is 22.1 Å². The lowest BCUT2D eigenvalue weighted by Crippen LogP contribution is -2.08. The van der Waals surface area contributed by atoms with Crippen LogP contribution in [0.1, 0.15) is 48.1 Å². The van der Waals surface area contributed by atoms with Crippen LogP contribution >= 0.6 is 0 Å². The van der Waals surface area contributed by atoms with E-state index in [1.54, 1.807) is 7.11 Å². The number of hydrogen-bond acceptors (Lipinski definition) is 5. The summed E-state index contributed by atoms with van der Waals surface area (Å²) in [5.74, 6) is 1.91. The molecule has 1 N–H and O–H groups in total. The minimum absolute atomic E-state index is 0.411. The van der Waals surface area contributed by atoms with Crippen molar-refractivity contribution in [3.63, 3.8) is 0 Å². The van der Waals surface area contributed by atoms with Crippen LogP contribution < -0.4 is 10.1 Å². The quantitative estimate of drug-likeness (QED) is 0.932. The number of aromatic nitrogens is 3. The maximum Gasteiger partial charge on any atom is 0.212 e. The van der Waals surface area contributed by atoms with Crippen molar-refractivity contribution in [3.05, 3.63) is 46.7 Å². The lowest BCUT2D eigenvalue weighted by Gasteiger charge is -2.12. The molecule has 3 heterocycles. The number of fused-ring (bicyclic) bond motifs is 1. The van der Waals surface area contributed by atoms with E-state index >= 15 is 0 Å². The highest BCUT2D eigenvalue weighted by Gasteiger charge is 2.20. The lowest BCUT2D eigenvalue weighted by molar-refractivity contribution is 0.397. The standard InChI is InChI=1S/C16H20N4O/c1-10(2)16-12-8-17-9-13(12)19-14(20-16)6-11-4-5-15(21-3)18-7-11/h4-5,7,10,17H,6,8-9H2,1-3H3. The Morgan fingerprint density at radius 1 is 1.24 bits per heavy atom. The molecule has 1 aliphatic rings. The predicted molar refractivity (Wildman–Crippen MR) is 80.3 cm³/mol. The topological polar surface area (TPSA) is 59.9 Å². The Bertz CT molecular complexity index is 637. The Morgan fingerprint density at radius 3 is 2.76 bits per heavy atom. The lowest BCUT2D eigenvalue weighted by atomic mass is 10.0. The van der Waals surface area contributed by atoms with Crippen molar-refractivity contribution in [1.29, 1.82) is 0 Å². The van der Waals surface area contributed by atoms with Gasteiger partial charge in [-0.1, -0.05) is 19.9 Å². The van der Waals surface area contributed by atoms with Crippen molar-refractivity contribution in [2.24, 2.45) is 0 Å². The summed E-state index contributed by atoms with van der Waals surface area (Å²) in [4.78, 5) is 13.7. The van der Waals surface area contributed by atoms with E-state index in [1.165, 1.54) is 11.3 Å². The first-order valence-corrected chi connectivity index (χ1v) is 7.25. The van der Waals surface area contributed by atoms with Gasteiger partial charge < -0.3 is 10.1 Å². The van der Waals surface area contributed by atoms with E-state index in [2.05, 4.69) is 24.1 Å².